The Morgan fingerprint density at radius 1 is 1.33 bits per heavy atom. The van der Waals surface area contributed by atoms with Crippen LogP contribution in [-0.4, -0.2) is 25.3 Å². The first kappa shape index (κ1) is 11.9. The zero-order valence-electron chi connectivity index (χ0n) is 9.11. The molecule has 74 valence electrons. The van der Waals surface area contributed by atoms with E-state index in [2.05, 4.69) is 33.0 Å². The average Bonchev–Trinajstić information content (AvgIpc) is 2.06. The predicted molar refractivity (Wildman–Crippen MR) is 53.5 cm³/mol. The van der Waals surface area contributed by atoms with E-state index >= 15 is 0 Å². The van der Waals surface area contributed by atoms with Crippen molar-refractivity contribution in [3.63, 3.8) is 0 Å². The molecule has 0 aliphatic rings. The Morgan fingerprint density at radius 2 is 1.92 bits per heavy atom. The summed E-state index contributed by atoms with van der Waals surface area (Å²) < 4.78 is 5.76. The van der Waals surface area contributed by atoms with Crippen LogP contribution >= 0.6 is 0 Å². The van der Waals surface area contributed by atoms with Gasteiger partial charge in [-0.15, -0.1) is 0 Å². The molecule has 12 heavy (non-hydrogen) atoms. The third-order valence-corrected chi connectivity index (χ3v) is 2.43. The van der Waals surface area contributed by atoms with Crippen molar-refractivity contribution in [2.45, 2.75) is 52.2 Å². The largest absolute Gasteiger partial charge is 0.374 e. The highest BCUT2D eigenvalue weighted by Gasteiger charge is 2.16. The molecular weight excluding hydrogens is 150 g/mol. The van der Waals surface area contributed by atoms with Gasteiger partial charge >= 0.3 is 0 Å². The fraction of sp³-hybridized carbons (Fsp3) is 1.00. The van der Waals surface area contributed by atoms with Gasteiger partial charge in [0.2, 0.25) is 0 Å². The van der Waals surface area contributed by atoms with Crippen molar-refractivity contribution in [1.29, 1.82) is 0 Å². The van der Waals surface area contributed by atoms with Gasteiger partial charge in [-0.05, 0) is 33.7 Å². The molecule has 0 aromatic rings. The van der Waals surface area contributed by atoms with E-state index in [4.69, 9.17) is 4.74 Å². The minimum Gasteiger partial charge on any atom is -0.374 e. The lowest BCUT2D eigenvalue weighted by molar-refractivity contribution is -0.0299. The summed E-state index contributed by atoms with van der Waals surface area (Å²) in [6.07, 6.45) is 2.18. The van der Waals surface area contributed by atoms with Gasteiger partial charge in [0.15, 0.2) is 0 Å². The first-order valence-corrected chi connectivity index (χ1v) is 4.87. The van der Waals surface area contributed by atoms with Crippen LogP contribution in [0.25, 0.3) is 0 Å². The molecule has 0 amide bonds. The number of hydrogen-bond acceptors (Lipinski definition) is 2. The van der Waals surface area contributed by atoms with E-state index in [0.29, 0.717) is 6.04 Å². The molecule has 0 saturated heterocycles. The molecular formula is C10H23NO. The van der Waals surface area contributed by atoms with Crippen LogP contribution in [0.15, 0.2) is 0 Å². The molecule has 2 heteroatoms. The maximum Gasteiger partial charge on any atom is 0.0626 e. The Hall–Kier alpha value is -0.0800. The molecule has 0 saturated carbocycles. The fourth-order valence-corrected chi connectivity index (χ4v) is 0.834. The monoisotopic (exact) mass is 173 g/mol. The summed E-state index contributed by atoms with van der Waals surface area (Å²) in [5.74, 6) is 0. The molecule has 0 aromatic heterocycles. The van der Waals surface area contributed by atoms with Gasteiger partial charge in [0.25, 0.3) is 0 Å². The van der Waals surface area contributed by atoms with Gasteiger partial charge in [-0.2, -0.15) is 0 Å². The van der Waals surface area contributed by atoms with Crippen LogP contribution in [0, 0.1) is 0 Å². The lowest BCUT2D eigenvalue weighted by atomic mass is 10.1. The Balaban J connectivity index is 3.65. The van der Waals surface area contributed by atoms with Crippen molar-refractivity contribution in [2.75, 3.05) is 13.7 Å². The van der Waals surface area contributed by atoms with Gasteiger partial charge in [-0.25, -0.2) is 0 Å². The molecule has 1 N–H and O–H groups in total. The van der Waals surface area contributed by atoms with Gasteiger partial charge in [0, 0.05) is 6.04 Å². The van der Waals surface area contributed by atoms with Crippen molar-refractivity contribution in [3.05, 3.63) is 0 Å². The Bertz CT molecular complexity index is 108. The summed E-state index contributed by atoms with van der Waals surface area (Å²) in [6.45, 7) is 9.41. The third-order valence-electron chi connectivity index (χ3n) is 2.43. The van der Waals surface area contributed by atoms with E-state index < -0.39 is 0 Å². The molecule has 1 unspecified atom stereocenters. The summed E-state index contributed by atoms with van der Waals surface area (Å²) >= 11 is 0. The Labute approximate surface area is 76.7 Å². The fourth-order valence-electron chi connectivity index (χ4n) is 0.834. The highest BCUT2D eigenvalue weighted by molar-refractivity contribution is 4.68. The van der Waals surface area contributed by atoms with Crippen LogP contribution in [0.4, 0.5) is 0 Å². The van der Waals surface area contributed by atoms with Crippen LogP contribution in [0.3, 0.4) is 0 Å². The van der Waals surface area contributed by atoms with Crippen LogP contribution in [0.2, 0.25) is 0 Å². The molecule has 2 nitrogen and oxygen atoms in total. The van der Waals surface area contributed by atoms with E-state index in [1.807, 2.05) is 7.05 Å². The maximum absolute atomic E-state index is 5.76. The van der Waals surface area contributed by atoms with Crippen molar-refractivity contribution in [3.8, 4) is 0 Å². The summed E-state index contributed by atoms with van der Waals surface area (Å²) in [4.78, 5) is 0. The SMILES string of the molecule is CCC(COC(C)(C)CC)NC. The minimum absolute atomic E-state index is 0.0320. The zero-order chi connectivity index (χ0) is 9.61. The van der Waals surface area contributed by atoms with Gasteiger partial charge in [-0.3, -0.25) is 0 Å². The highest BCUT2D eigenvalue weighted by Crippen LogP contribution is 2.13. The lowest BCUT2D eigenvalue weighted by Crippen LogP contribution is -2.34. The molecule has 0 radical (unpaired) electrons. The lowest BCUT2D eigenvalue weighted by Gasteiger charge is -2.26. The average molecular weight is 173 g/mol. The summed E-state index contributed by atoms with van der Waals surface area (Å²) in [5, 5.41) is 3.22. The van der Waals surface area contributed by atoms with Gasteiger partial charge in [0.05, 0.1) is 12.2 Å². The van der Waals surface area contributed by atoms with Crippen molar-refractivity contribution in [2.24, 2.45) is 0 Å². The van der Waals surface area contributed by atoms with Crippen molar-refractivity contribution >= 4 is 0 Å². The highest BCUT2D eigenvalue weighted by atomic mass is 16.5. The second-order valence-corrected chi connectivity index (χ2v) is 3.82. The van der Waals surface area contributed by atoms with Gasteiger partial charge in [0.1, 0.15) is 0 Å². The predicted octanol–water partition coefficient (Wildman–Crippen LogP) is 2.19. The Kier molecular flexibility index (Phi) is 5.51. The summed E-state index contributed by atoms with van der Waals surface area (Å²) in [5.41, 5.74) is 0.0320. The van der Waals surface area contributed by atoms with Crippen LogP contribution in [-0.2, 0) is 4.74 Å². The molecule has 0 spiro atoms. The number of ether oxygens (including phenoxy) is 1. The molecule has 0 fully saturated rings. The second-order valence-electron chi connectivity index (χ2n) is 3.82. The quantitative estimate of drug-likeness (QED) is 0.665. The van der Waals surface area contributed by atoms with Crippen LogP contribution < -0.4 is 5.32 Å². The van der Waals surface area contributed by atoms with Gasteiger partial charge in [-0.1, -0.05) is 13.8 Å². The summed E-state index contributed by atoms with van der Waals surface area (Å²) in [6, 6.07) is 0.496. The van der Waals surface area contributed by atoms with Crippen molar-refractivity contribution in [1.82, 2.24) is 5.32 Å². The zero-order valence-corrected chi connectivity index (χ0v) is 9.11. The van der Waals surface area contributed by atoms with E-state index in [1.54, 1.807) is 0 Å². The normalized spacial score (nSPS) is 14.8. The van der Waals surface area contributed by atoms with Crippen LogP contribution in [0.1, 0.15) is 40.5 Å². The smallest absolute Gasteiger partial charge is 0.0626 e. The number of nitrogens with one attached hydrogen (secondary N) is 1. The minimum atomic E-state index is 0.0320. The number of hydrogen-bond donors (Lipinski definition) is 1. The standard InChI is InChI=1S/C10H23NO/c1-6-9(11-5)8-12-10(3,4)7-2/h9,11H,6-8H2,1-5H3. The van der Waals surface area contributed by atoms with E-state index in [-0.39, 0.29) is 5.60 Å². The maximum atomic E-state index is 5.76. The molecule has 1 atom stereocenters. The van der Waals surface area contributed by atoms with E-state index in [1.165, 1.54) is 0 Å². The topological polar surface area (TPSA) is 21.3 Å². The van der Waals surface area contributed by atoms with Crippen LogP contribution in [0.5, 0.6) is 0 Å². The summed E-state index contributed by atoms with van der Waals surface area (Å²) in [7, 11) is 1.98. The number of rotatable bonds is 6. The van der Waals surface area contributed by atoms with Crippen molar-refractivity contribution < 1.29 is 4.74 Å². The first-order valence-electron chi connectivity index (χ1n) is 4.87. The Morgan fingerprint density at radius 3 is 2.25 bits per heavy atom. The van der Waals surface area contributed by atoms with Gasteiger partial charge < -0.3 is 10.1 Å². The molecule has 0 rings (SSSR count). The van der Waals surface area contributed by atoms with E-state index in [0.717, 1.165) is 19.4 Å². The second kappa shape index (κ2) is 5.55. The molecule has 0 bridgehead atoms. The molecule has 0 aliphatic heterocycles. The third kappa shape index (κ3) is 4.73. The van der Waals surface area contributed by atoms with E-state index in [9.17, 15) is 0 Å². The molecule has 0 heterocycles. The molecule has 0 aliphatic carbocycles. The molecule has 0 aromatic carbocycles. The number of likely N-dealkylation sites (N-methyl/N-ethyl adjacent to an activating group) is 1. The first-order chi connectivity index (χ1) is 5.55.